The molecule has 2 aromatic rings. The summed E-state index contributed by atoms with van der Waals surface area (Å²) in [6, 6.07) is 11.8. The van der Waals surface area contributed by atoms with E-state index in [-0.39, 0.29) is 24.1 Å². The molecular weight excluding hydrogens is 426 g/mol. The summed E-state index contributed by atoms with van der Waals surface area (Å²) < 4.78 is 26.1. The molecule has 7 nitrogen and oxygen atoms in total. The zero-order chi connectivity index (χ0) is 22.5. The van der Waals surface area contributed by atoms with Crippen molar-refractivity contribution < 1.29 is 18.0 Å². The van der Waals surface area contributed by atoms with Crippen LogP contribution in [0.3, 0.4) is 0 Å². The van der Waals surface area contributed by atoms with E-state index in [1.54, 1.807) is 49.4 Å². The van der Waals surface area contributed by atoms with E-state index >= 15 is 0 Å². The number of nitrogens with one attached hydrogen (secondary N) is 2. The van der Waals surface area contributed by atoms with Crippen molar-refractivity contribution in [1.82, 2.24) is 5.32 Å². The lowest BCUT2D eigenvalue weighted by Gasteiger charge is -2.30. The third-order valence-corrected chi connectivity index (χ3v) is 5.66. The molecule has 0 saturated carbocycles. The number of anilines is 2. The highest BCUT2D eigenvalue weighted by atomic mass is 35.5. The monoisotopic (exact) mass is 451 g/mol. The van der Waals surface area contributed by atoms with E-state index in [0.29, 0.717) is 16.3 Å². The highest BCUT2D eigenvalue weighted by molar-refractivity contribution is 7.92. The van der Waals surface area contributed by atoms with Crippen LogP contribution in [0.2, 0.25) is 5.02 Å². The summed E-state index contributed by atoms with van der Waals surface area (Å²) in [7, 11) is -3.79. The van der Waals surface area contributed by atoms with Crippen LogP contribution in [-0.4, -0.2) is 38.6 Å². The molecule has 30 heavy (non-hydrogen) atoms. The molecule has 0 unspecified atom stereocenters. The highest BCUT2D eigenvalue weighted by Crippen LogP contribution is 2.26. The van der Waals surface area contributed by atoms with Crippen molar-refractivity contribution >= 4 is 44.8 Å². The summed E-state index contributed by atoms with van der Waals surface area (Å²) in [5, 5.41) is 5.85. The number of carbonyl (C=O) groups is 2. The minimum atomic E-state index is -3.79. The summed E-state index contributed by atoms with van der Waals surface area (Å²) in [4.78, 5) is 25.6. The Kier molecular flexibility index (Phi) is 7.86. The Hall–Kier alpha value is -2.58. The zero-order valence-corrected chi connectivity index (χ0v) is 18.9. The van der Waals surface area contributed by atoms with Gasteiger partial charge in [-0.15, -0.1) is 0 Å². The van der Waals surface area contributed by atoms with Gasteiger partial charge < -0.3 is 10.6 Å². The van der Waals surface area contributed by atoms with Crippen molar-refractivity contribution in [2.24, 2.45) is 0 Å². The molecular formula is C21H26ClN3O4S. The number of carbonyl (C=O) groups excluding carboxylic acids is 2. The molecule has 162 valence electrons. The second-order valence-corrected chi connectivity index (χ2v) is 9.42. The van der Waals surface area contributed by atoms with E-state index in [4.69, 9.17) is 11.6 Å². The van der Waals surface area contributed by atoms with Crippen molar-refractivity contribution in [1.29, 1.82) is 0 Å². The van der Waals surface area contributed by atoms with E-state index in [1.165, 1.54) is 6.07 Å². The van der Waals surface area contributed by atoms with Crippen LogP contribution in [0.4, 0.5) is 11.4 Å². The molecule has 0 heterocycles. The van der Waals surface area contributed by atoms with E-state index in [9.17, 15) is 18.0 Å². The molecule has 2 N–H and O–H groups in total. The van der Waals surface area contributed by atoms with Gasteiger partial charge in [0.25, 0.3) is 5.91 Å². The molecule has 0 aliphatic rings. The summed E-state index contributed by atoms with van der Waals surface area (Å²) in [6.45, 7) is 5.38. The topological polar surface area (TPSA) is 95.6 Å². The zero-order valence-electron chi connectivity index (χ0n) is 17.3. The first-order valence-electron chi connectivity index (χ1n) is 9.50. The second kappa shape index (κ2) is 9.95. The van der Waals surface area contributed by atoms with Gasteiger partial charge in [0.05, 0.1) is 23.2 Å². The van der Waals surface area contributed by atoms with Gasteiger partial charge in [0.15, 0.2) is 0 Å². The number of rotatable bonds is 8. The fourth-order valence-corrected chi connectivity index (χ4v) is 4.41. The van der Waals surface area contributed by atoms with Crippen LogP contribution in [-0.2, 0) is 14.8 Å². The summed E-state index contributed by atoms with van der Waals surface area (Å²) in [5.74, 6) is -0.878. The number of para-hydroxylation sites is 1. The van der Waals surface area contributed by atoms with Crippen LogP contribution in [0, 0.1) is 0 Å². The van der Waals surface area contributed by atoms with Gasteiger partial charge in [-0.1, -0.05) is 36.7 Å². The van der Waals surface area contributed by atoms with Crippen molar-refractivity contribution in [3.63, 3.8) is 0 Å². The summed E-state index contributed by atoms with van der Waals surface area (Å²) in [6.07, 6.45) is 1.25. The van der Waals surface area contributed by atoms with Gasteiger partial charge in [0.2, 0.25) is 15.9 Å². The molecule has 0 aliphatic heterocycles. The fourth-order valence-electron chi connectivity index (χ4n) is 3.02. The van der Waals surface area contributed by atoms with Gasteiger partial charge in [0.1, 0.15) is 6.04 Å². The summed E-state index contributed by atoms with van der Waals surface area (Å²) in [5.41, 5.74) is 0.888. The molecule has 2 rings (SSSR count). The lowest BCUT2D eigenvalue weighted by molar-refractivity contribution is -0.117. The first kappa shape index (κ1) is 23.7. The number of amides is 2. The molecule has 0 radical (unpaired) electrons. The Morgan fingerprint density at radius 2 is 1.77 bits per heavy atom. The van der Waals surface area contributed by atoms with Crippen LogP contribution < -0.4 is 14.9 Å². The van der Waals surface area contributed by atoms with Crippen LogP contribution in [0.5, 0.6) is 0 Å². The van der Waals surface area contributed by atoms with Gasteiger partial charge in [0, 0.05) is 11.1 Å². The fraction of sp³-hybridized carbons (Fsp3) is 0.333. The summed E-state index contributed by atoms with van der Waals surface area (Å²) >= 11 is 6.03. The normalized spacial score (nSPS) is 12.3. The smallest absolute Gasteiger partial charge is 0.253 e. The van der Waals surface area contributed by atoms with E-state index in [2.05, 4.69) is 10.6 Å². The molecule has 0 saturated heterocycles. The number of sulfonamides is 1. The second-order valence-electron chi connectivity index (χ2n) is 7.13. The Morgan fingerprint density at radius 1 is 1.10 bits per heavy atom. The van der Waals surface area contributed by atoms with E-state index < -0.39 is 22.0 Å². The molecule has 2 amide bonds. The van der Waals surface area contributed by atoms with Gasteiger partial charge in [-0.05, 0) is 50.6 Å². The predicted molar refractivity (Wildman–Crippen MR) is 121 cm³/mol. The van der Waals surface area contributed by atoms with Crippen molar-refractivity contribution in [3.05, 3.63) is 59.1 Å². The lowest BCUT2D eigenvalue weighted by atomic mass is 10.1. The standard InChI is InChI=1S/C21H26ClN3O4S/c1-5-19(25(30(4,28)29)16-10-8-9-15(22)13-16)21(27)24-18-12-7-6-11-17(18)20(26)23-14(2)3/h6-14,19H,5H2,1-4H3,(H,23,26)(H,24,27)/t19-/m0/s1. The minimum absolute atomic E-state index is 0.0757. The molecule has 0 aromatic heterocycles. The first-order chi connectivity index (χ1) is 14.0. The maximum atomic E-state index is 13.1. The number of halogens is 1. The Balaban J connectivity index is 2.39. The van der Waals surface area contributed by atoms with E-state index in [0.717, 1.165) is 10.6 Å². The first-order valence-corrected chi connectivity index (χ1v) is 11.7. The largest absolute Gasteiger partial charge is 0.350 e. The predicted octanol–water partition coefficient (Wildman–Crippen LogP) is 3.66. The Bertz CT molecular complexity index is 1020. The Labute approximate surface area is 182 Å². The molecule has 2 aromatic carbocycles. The average molecular weight is 452 g/mol. The van der Waals surface area contributed by atoms with Crippen molar-refractivity contribution in [2.75, 3.05) is 15.9 Å². The average Bonchev–Trinajstić information content (AvgIpc) is 2.64. The van der Waals surface area contributed by atoms with Gasteiger partial charge in [-0.3, -0.25) is 13.9 Å². The maximum absolute atomic E-state index is 13.1. The third kappa shape index (κ3) is 5.96. The van der Waals surface area contributed by atoms with Crippen LogP contribution in [0.15, 0.2) is 48.5 Å². The van der Waals surface area contributed by atoms with E-state index in [1.807, 2.05) is 13.8 Å². The number of hydrogen-bond acceptors (Lipinski definition) is 4. The quantitative estimate of drug-likeness (QED) is 0.640. The molecule has 1 atom stereocenters. The van der Waals surface area contributed by atoms with Crippen LogP contribution in [0.1, 0.15) is 37.6 Å². The third-order valence-electron chi connectivity index (χ3n) is 4.24. The van der Waals surface area contributed by atoms with Gasteiger partial charge >= 0.3 is 0 Å². The molecule has 0 bridgehead atoms. The number of hydrogen-bond donors (Lipinski definition) is 2. The lowest BCUT2D eigenvalue weighted by Crippen LogP contribution is -2.47. The maximum Gasteiger partial charge on any atom is 0.253 e. The van der Waals surface area contributed by atoms with Crippen molar-refractivity contribution in [2.45, 2.75) is 39.3 Å². The number of nitrogens with zero attached hydrogens (tertiary/aromatic N) is 1. The van der Waals surface area contributed by atoms with Gasteiger partial charge in [-0.2, -0.15) is 0 Å². The number of benzene rings is 2. The molecule has 0 spiro atoms. The van der Waals surface area contributed by atoms with Gasteiger partial charge in [-0.25, -0.2) is 8.42 Å². The SMILES string of the molecule is CC[C@@H](C(=O)Nc1ccccc1C(=O)NC(C)C)N(c1cccc(Cl)c1)S(C)(=O)=O. The molecule has 9 heteroatoms. The Morgan fingerprint density at radius 3 is 2.33 bits per heavy atom. The molecule has 0 aliphatic carbocycles. The minimum Gasteiger partial charge on any atom is -0.350 e. The highest BCUT2D eigenvalue weighted by Gasteiger charge is 2.32. The van der Waals surface area contributed by atoms with Crippen LogP contribution >= 0.6 is 11.6 Å². The van der Waals surface area contributed by atoms with Crippen molar-refractivity contribution in [3.8, 4) is 0 Å². The molecule has 0 fully saturated rings. The van der Waals surface area contributed by atoms with Crippen LogP contribution in [0.25, 0.3) is 0 Å².